The average Bonchev–Trinajstić information content (AvgIpc) is 2.64. The highest BCUT2D eigenvalue weighted by Gasteiger charge is 2.08. The van der Waals surface area contributed by atoms with Gasteiger partial charge in [-0.2, -0.15) is 0 Å². The number of rotatable bonds is 8. The minimum Gasteiger partial charge on any atom is -0.491 e. The van der Waals surface area contributed by atoms with Gasteiger partial charge in [0.05, 0.1) is 24.3 Å². The first kappa shape index (κ1) is 18.3. The van der Waals surface area contributed by atoms with Gasteiger partial charge in [-0.25, -0.2) is 0 Å². The molecule has 1 aromatic heterocycles. The van der Waals surface area contributed by atoms with Crippen molar-refractivity contribution in [1.29, 1.82) is 0 Å². The Morgan fingerprint density at radius 2 is 1.62 bits per heavy atom. The first-order valence-electron chi connectivity index (χ1n) is 8.69. The first-order chi connectivity index (χ1) is 12.6. The Labute approximate surface area is 158 Å². The van der Waals surface area contributed by atoms with Crippen LogP contribution in [0.1, 0.15) is 20.3 Å². The third-order valence-corrected chi connectivity index (χ3v) is 4.02. The Kier molecular flexibility index (Phi) is 6.18. The summed E-state index contributed by atoms with van der Waals surface area (Å²) in [5, 5.41) is 1.56. The van der Waals surface area contributed by atoms with Gasteiger partial charge in [0, 0.05) is 18.0 Å². The molecule has 0 unspecified atom stereocenters. The van der Waals surface area contributed by atoms with Crippen molar-refractivity contribution in [2.75, 3.05) is 13.2 Å². The maximum Gasteiger partial charge on any atom is 0.161 e. The van der Waals surface area contributed by atoms with Gasteiger partial charge >= 0.3 is 0 Å². The SMILES string of the molecule is CC(C)Oc1ccccc1OCCCOc1ccc(Cl)c2cccnc12. The second kappa shape index (κ2) is 8.77. The van der Waals surface area contributed by atoms with E-state index in [1.54, 1.807) is 6.20 Å². The summed E-state index contributed by atoms with van der Waals surface area (Å²) < 4.78 is 17.5. The van der Waals surface area contributed by atoms with E-state index in [1.165, 1.54) is 0 Å². The summed E-state index contributed by atoms with van der Waals surface area (Å²) in [6, 6.07) is 15.2. The number of benzene rings is 2. The van der Waals surface area contributed by atoms with Gasteiger partial charge in [0.1, 0.15) is 11.3 Å². The Morgan fingerprint density at radius 3 is 2.38 bits per heavy atom. The van der Waals surface area contributed by atoms with Gasteiger partial charge in [-0.1, -0.05) is 23.7 Å². The van der Waals surface area contributed by atoms with Gasteiger partial charge < -0.3 is 14.2 Å². The third-order valence-electron chi connectivity index (χ3n) is 3.70. The molecule has 5 heteroatoms. The average molecular weight is 372 g/mol. The van der Waals surface area contributed by atoms with Gasteiger partial charge in [0.25, 0.3) is 0 Å². The molecule has 0 aliphatic carbocycles. The number of hydrogen-bond acceptors (Lipinski definition) is 4. The summed E-state index contributed by atoms with van der Waals surface area (Å²) in [6.45, 7) is 5.06. The quantitative estimate of drug-likeness (QED) is 0.488. The van der Waals surface area contributed by atoms with Crippen LogP contribution in [0.25, 0.3) is 10.9 Å². The van der Waals surface area contributed by atoms with Gasteiger partial charge in [-0.15, -0.1) is 0 Å². The molecule has 0 saturated carbocycles. The van der Waals surface area contributed by atoms with Crippen molar-refractivity contribution in [2.45, 2.75) is 26.4 Å². The number of aromatic nitrogens is 1. The van der Waals surface area contributed by atoms with E-state index in [1.807, 2.05) is 62.4 Å². The predicted octanol–water partition coefficient (Wildman–Crippen LogP) is 5.52. The molecule has 26 heavy (non-hydrogen) atoms. The fraction of sp³-hybridized carbons (Fsp3) is 0.286. The highest BCUT2D eigenvalue weighted by atomic mass is 35.5. The molecule has 4 nitrogen and oxygen atoms in total. The molecule has 0 aliphatic rings. The lowest BCUT2D eigenvalue weighted by molar-refractivity contribution is 0.211. The van der Waals surface area contributed by atoms with E-state index >= 15 is 0 Å². The van der Waals surface area contributed by atoms with Crippen molar-refractivity contribution >= 4 is 22.5 Å². The number of pyridine rings is 1. The van der Waals surface area contributed by atoms with Gasteiger partial charge in [-0.3, -0.25) is 4.98 Å². The smallest absolute Gasteiger partial charge is 0.161 e. The molecule has 3 rings (SSSR count). The van der Waals surface area contributed by atoms with E-state index < -0.39 is 0 Å². The van der Waals surface area contributed by atoms with E-state index in [0.29, 0.717) is 18.2 Å². The molecule has 0 amide bonds. The lowest BCUT2D eigenvalue weighted by Gasteiger charge is -2.15. The minimum atomic E-state index is 0.105. The largest absolute Gasteiger partial charge is 0.491 e. The van der Waals surface area contributed by atoms with Crippen molar-refractivity contribution in [2.24, 2.45) is 0 Å². The second-order valence-electron chi connectivity index (χ2n) is 6.11. The molecular weight excluding hydrogens is 350 g/mol. The number of hydrogen-bond donors (Lipinski definition) is 0. The van der Waals surface area contributed by atoms with Crippen molar-refractivity contribution in [3.63, 3.8) is 0 Å². The predicted molar refractivity (Wildman–Crippen MR) is 105 cm³/mol. The summed E-state index contributed by atoms with van der Waals surface area (Å²) in [7, 11) is 0. The molecule has 0 N–H and O–H groups in total. The summed E-state index contributed by atoms with van der Waals surface area (Å²) in [4.78, 5) is 4.37. The van der Waals surface area contributed by atoms with Crippen LogP contribution in [0.15, 0.2) is 54.7 Å². The monoisotopic (exact) mass is 371 g/mol. The standard InChI is InChI=1S/C21H22ClNO3/c1-15(2)26-19-9-4-3-8-18(19)24-13-6-14-25-20-11-10-17(22)16-7-5-12-23-21(16)20/h3-5,7-12,15H,6,13-14H2,1-2H3. The number of para-hydroxylation sites is 2. The second-order valence-corrected chi connectivity index (χ2v) is 6.52. The number of fused-ring (bicyclic) bond motifs is 1. The number of nitrogens with zero attached hydrogens (tertiary/aromatic N) is 1. The maximum atomic E-state index is 6.20. The Bertz CT molecular complexity index is 867. The molecule has 136 valence electrons. The Balaban J connectivity index is 1.54. The lowest BCUT2D eigenvalue weighted by atomic mass is 10.2. The van der Waals surface area contributed by atoms with Crippen molar-refractivity contribution < 1.29 is 14.2 Å². The zero-order valence-corrected chi connectivity index (χ0v) is 15.7. The number of halogens is 1. The van der Waals surface area contributed by atoms with Crippen LogP contribution in [0.4, 0.5) is 0 Å². The van der Waals surface area contributed by atoms with Crippen LogP contribution in [-0.4, -0.2) is 24.3 Å². The number of ether oxygens (including phenoxy) is 3. The first-order valence-corrected chi connectivity index (χ1v) is 9.07. The van der Waals surface area contributed by atoms with E-state index in [0.717, 1.165) is 34.6 Å². The zero-order chi connectivity index (χ0) is 18.4. The molecule has 0 spiro atoms. The summed E-state index contributed by atoms with van der Waals surface area (Å²) in [6.07, 6.45) is 2.58. The fourth-order valence-corrected chi connectivity index (χ4v) is 2.79. The summed E-state index contributed by atoms with van der Waals surface area (Å²) >= 11 is 6.20. The molecule has 2 aromatic carbocycles. The van der Waals surface area contributed by atoms with Gasteiger partial charge in [0.15, 0.2) is 11.5 Å². The van der Waals surface area contributed by atoms with Crippen molar-refractivity contribution in [3.05, 3.63) is 59.8 Å². The summed E-state index contributed by atoms with van der Waals surface area (Å²) in [5.41, 5.74) is 0.775. The fourth-order valence-electron chi connectivity index (χ4n) is 2.57. The molecule has 3 aromatic rings. The Morgan fingerprint density at radius 1 is 0.885 bits per heavy atom. The normalized spacial score (nSPS) is 10.9. The van der Waals surface area contributed by atoms with E-state index in [4.69, 9.17) is 25.8 Å². The molecule has 1 heterocycles. The molecule has 0 radical (unpaired) electrons. The third kappa shape index (κ3) is 4.58. The Hall–Kier alpha value is -2.46. The summed E-state index contributed by atoms with van der Waals surface area (Å²) in [5.74, 6) is 2.24. The highest BCUT2D eigenvalue weighted by molar-refractivity contribution is 6.35. The van der Waals surface area contributed by atoms with Gasteiger partial charge in [-0.05, 0) is 50.2 Å². The van der Waals surface area contributed by atoms with E-state index in [-0.39, 0.29) is 6.10 Å². The topological polar surface area (TPSA) is 40.6 Å². The van der Waals surface area contributed by atoms with Crippen molar-refractivity contribution in [1.82, 2.24) is 4.98 Å². The molecular formula is C21H22ClNO3. The van der Waals surface area contributed by atoms with Crippen LogP contribution in [-0.2, 0) is 0 Å². The highest BCUT2D eigenvalue weighted by Crippen LogP contribution is 2.30. The van der Waals surface area contributed by atoms with Crippen LogP contribution in [0.2, 0.25) is 5.02 Å². The van der Waals surface area contributed by atoms with Crippen LogP contribution in [0.5, 0.6) is 17.2 Å². The van der Waals surface area contributed by atoms with Crippen LogP contribution >= 0.6 is 11.6 Å². The van der Waals surface area contributed by atoms with E-state index in [9.17, 15) is 0 Å². The minimum absolute atomic E-state index is 0.105. The van der Waals surface area contributed by atoms with Crippen LogP contribution in [0, 0.1) is 0 Å². The molecule has 0 atom stereocenters. The van der Waals surface area contributed by atoms with Crippen LogP contribution < -0.4 is 14.2 Å². The van der Waals surface area contributed by atoms with Crippen LogP contribution in [0.3, 0.4) is 0 Å². The molecule has 0 saturated heterocycles. The van der Waals surface area contributed by atoms with E-state index in [2.05, 4.69) is 4.98 Å². The van der Waals surface area contributed by atoms with Crippen molar-refractivity contribution in [3.8, 4) is 17.2 Å². The molecule has 0 fully saturated rings. The molecule has 0 aliphatic heterocycles. The zero-order valence-electron chi connectivity index (χ0n) is 14.9. The molecule has 0 bridgehead atoms. The lowest BCUT2D eigenvalue weighted by Crippen LogP contribution is -2.09. The van der Waals surface area contributed by atoms with Gasteiger partial charge in [0.2, 0.25) is 0 Å². The maximum absolute atomic E-state index is 6.20.